The van der Waals surface area contributed by atoms with Gasteiger partial charge in [0, 0.05) is 10.4 Å². The molecular weight excluding hydrogens is 310 g/mol. The number of rotatable bonds is 5. The summed E-state index contributed by atoms with van der Waals surface area (Å²) in [7, 11) is 0. The third kappa shape index (κ3) is 3.51. The summed E-state index contributed by atoms with van der Waals surface area (Å²) < 4.78 is 10.9. The summed E-state index contributed by atoms with van der Waals surface area (Å²) in [6.45, 7) is 4.11. The third-order valence-electron chi connectivity index (χ3n) is 3.48. The number of nitrogens with zero attached hydrogens (tertiary/aromatic N) is 1. The van der Waals surface area contributed by atoms with E-state index in [9.17, 15) is 4.79 Å². The van der Waals surface area contributed by atoms with E-state index in [0.717, 1.165) is 17.5 Å². The first kappa shape index (κ1) is 15.5. The van der Waals surface area contributed by atoms with Crippen LogP contribution in [-0.4, -0.2) is 11.0 Å². The van der Waals surface area contributed by atoms with Gasteiger partial charge in [-0.2, -0.15) is 0 Å². The summed E-state index contributed by atoms with van der Waals surface area (Å²) in [6.07, 6.45) is 2.56. The van der Waals surface area contributed by atoms with Crippen LogP contribution in [0.4, 0.5) is 0 Å². The molecule has 2 heterocycles. The van der Waals surface area contributed by atoms with Crippen LogP contribution in [0.3, 0.4) is 0 Å². The van der Waals surface area contributed by atoms with Crippen LogP contribution in [0.5, 0.6) is 0 Å². The van der Waals surface area contributed by atoms with Crippen molar-refractivity contribution in [3.8, 4) is 11.3 Å². The Hall–Kier alpha value is -2.40. The molecule has 0 saturated heterocycles. The Bertz CT molecular complexity index is 805. The molecule has 0 fully saturated rings. The minimum atomic E-state index is -0.336. The second kappa shape index (κ2) is 6.79. The summed E-state index contributed by atoms with van der Waals surface area (Å²) in [5.74, 6) is 0.718. The fraction of sp³-hybridized carbons (Fsp3) is 0.222. The van der Waals surface area contributed by atoms with E-state index in [4.69, 9.17) is 9.15 Å². The van der Waals surface area contributed by atoms with E-state index in [-0.39, 0.29) is 12.6 Å². The fourth-order valence-electron chi connectivity index (χ4n) is 2.28. The summed E-state index contributed by atoms with van der Waals surface area (Å²) in [4.78, 5) is 18.1. The van der Waals surface area contributed by atoms with Crippen molar-refractivity contribution in [2.75, 3.05) is 0 Å². The number of hydrogen-bond acceptors (Lipinski definition) is 5. The molecule has 0 radical (unpaired) electrons. The van der Waals surface area contributed by atoms with Gasteiger partial charge >= 0.3 is 5.97 Å². The molecule has 1 aromatic carbocycles. The highest BCUT2D eigenvalue weighted by molar-refractivity contribution is 7.14. The maximum Gasteiger partial charge on any atom is 0.348 e. The van der Waals surface area contributed by atoms with Crippen molar-refractivity contribution in [2.24, 2.45) is 0 Å². The maximum absolute atomic E-state index is 12.1. The molecule has 0 aliphatic rings. The van der Waals surface area contributed by atoms with Gasteiger partial charge in [0.2, 0.25) is 5.89 Å². The number of carbonyl (C=O) groups is 1. The smallest absolute Gasteiger partial charge is 0.348 e. The molecule has 2 aromatic heterocycles. The van der Waals surface area contributed by atoms with Gasteiger partial charge in [-0.1, -0.05) is 37.3 Å². The van der Waals surface area contributed by atoms with Crippen molar-refractivity contribution in [3.05, 3.63) is 63.8 Å². The Balaban J connectivity index is 1.64. The average molecular weight is 327 g/mol. The molecule has 4 nitrogen and oxygen atoms in total. The van der Waals surface area contributed by atoms with Gasteiger partial charge in [0.25, 0.3) is 0 Å². The fourth-order valence-corrected chi connectivity index (χ4v) is 3.29. The first-order valence-corrected chi connectivity index (χ1v) is 8.25. The van der Waals surface area contributed by atoms with Crippen molar-refractivity contribution in [1.29, 1.82) is 0 Å². The van der Waals surface area contributed by atoms with Gasteiger partial charge in [-0.05, 0) is 25.0 Å². The molecule has 3 rings (SSSR count). The van der Waals surface area contributed by atoms with Crippen molar-refractivity contribution >= 4 is 17.3 Å². The Morgan fingerprint density at radius 1 is 1.30 bits per heavy atom. The van der Waals surface area contributed by atoms with Crippen LogP contribution >= 0.6 is 11.3 Å². The number of carbonyl (C=O) groups excluding carboxylic acids is 1. The van der Waals surface area contributed by atoms with Gasteiger partial charge in [0.05, 0.1) is 6.20 Å². The Kier molecular flexibility index (Phi) is 4.57. The zero-order valence-electron chi connectivity index (χ0n) is 13.0. The highest BCUT2D eigenvalue weighted by atomic mass is 32.1. The van der Waals surface area contributed by atoms with Crippen molar-refractivity contribution in [3.63, 3.8) is 0 Å². The number of aryl methyl sites for hydroxylation is 2. The molecule has 0 aliphatic heterocycles. The van der Waals surface area contributed by atoms with Crippen molar-refractivity contribution < 1.29 is 13.9 Å². The number of esters is 1. The Morgan fingerprint density at radius 3 is 2.78 bits per heavy atom. The minimum absolute atomic E-state index is 0.0318. The largest absolute Gasteiger partial charge is 0.451 e. The number of thiophene rings is 1. The number of hydrogen-bond donors (Lipinski definition) is 0. The van der Waals surface area contributed by atoms with Crippen LogP contribution in [0, 0.1) is 6.92 Å². The second-order valence-corrected chi connectivity index (χ2v) is 6.27. The predicted octanol–water partition coefficient (Wildman–Crippen LogP) is 4.63. The van der Waals surface area contributed by atoms with E-state index in [1.54, 1.807) is 6.20 Å². The molecule has 23 heavy (non-hydrogen) atoms. The van der Waals surface area contributed by atoms with E-state index in [0.29, 0.717) is 16.5 Å². The molecule has 0 bridgehead atoms. The van der Waals surface area contributed by atoms with E-state index < -0.39 is 0 Å². The molecule has 5 heteroatoms. The highest BCUT2D eigenvalue weighted by Crippen LogP contribution is 2.24. The predicted molar refractivity (Wildman–Crippen MR) is 89.5 cm³/mol. The van der Waals surface area contributed by atoms with E-state index in [2.05, 4.69) is 11.9 Å². The van der Waals surface area contributed by atoms with Crippen LogP contribution in [0.1, 0.15) is 32.9 Å². The highest BCUT2D eigenvalue weighted by Gasteiger charge is 2.14. The lowest BCUT2D eigenvalue weighted by Gasteiger charge is -1.99. The molecule has 0 spiro atoms. The molecule has 118 valence electrons. The van der Waals surface area contributed by atoms with Crippen LogP contribution in [-0.2, 0) is 17.8 Å². The Morgan fingerprint density at radius 2 is 2.09 bits per heavy atom. The lowest BCUT2D eigenvalue weighted by molar-refractivity contribution is 0.0444. The van der Waals surface area contributed by atoms with Gasteiger partial charge in [0.1, 0.15) is 4.88 Å². The molecule has 3 aromatic rings. The number of aromatic nitrogens is 1. The van der Waals surface area contributed by atoms with E-state index in [1.807, 2.05) is 43.3 Å². The standard InChI is InChI=1S/C18H17NO3S/c1-3-15-12(2)9-16(23-15)18(20)21-11-17-19-10-14(22-17)13-7-5-4-6-8-13/h4-10H,3,11H2,1-2H3. The summed E-state index contributed by atoms with van der Waals surface area (Å²) in [6, 6.07) is 11.6. The van der Waals surface area contributed by atoms with Gasteiger partial charge in [-0.25, -0.2) is 9.78 Å². The SMILES string of the molecule is CCc1sc(C(=O)OCc2ncc(-c3ccccc3)o2)cc1C. The van der Waals surface area contributed by atoms with Gasteiger partial charge in [0.15, 0.2) is 12.4 Å². The normalized spacial score (nSPS) is 10.7. The van der Waals surface area contributed by atoms with Crippen LogP contribution in [0.25, 0.3) is 11.3 Å². The monoisotopic (exact) mass is 327 g/mol. The van der Waals surface area contributed by atoms with Gasteiger partial charge in [-0.3, -0.25) is 0 Å². The van der Waals surface area contributed by atoms with Crippen LogP contribution in [0.15, 0.2) is 47.0 Å². The van der Waals surface area contributed by atoms with Crippen molar-refractivity contribution in [1.82, 2.24) is 4.98 Å². The topological polar surface area (TPSA) is 52.3 Å². The molecular formula is C18H17NO3S. The van der Waals surface area contributed by atoms with Crippen LogP contribution in [0.2, 0.25) is 0 Å². The molecule has 0 amide bonds. The number of benzene rings is 1. The molecule has 0 atom stereocenters. The molecule has 0 unspecified atom stereocenters. The Labute approximate surface area is 138 Å². The van der Waals surface area contributed by atoms with E-state index in [1.165, 1.54) is 16.2 Å². The minimum Gasteiger partial charge on any atom is -0.451 e. The molecule has 0 aliphatic carbocycles. The van der Waals surface area contributed by atoms with E-state index >= 15 is 0 Å². The van der Waals surface area contributed by atoms with Gasteiger partial charge < -0.3 is 9.15 Å². The number of ether oxygens (including phenoxy) is 1. The van der Waals surface area contributed by atoms with Crippen LogP contribution < -0.4 is 0 Å². The maximum atomic E-state index is 12.1. The molecule has 0 N–H and O–H groups in total. The second-order valence-electron chi connectivity index (χ2n) is 5.13. The summed E-state index contributed by atoms with van der Waals surface area (Å²) in [5, 5.41) is 0. The zero-order valence-corrected chi connectivity index (χ0v) is 13.9. The summed E-state index contributed by atoms with van der Waals surface area (Å²) in [5.41, 5.74) is 2.07. The first-order chi connectivity index (χ1) is 11.2. The summed E-state index contributed by atoms with van der Waals surface area (Å²) >= 11 is 1.48. The number of oxazole rings is 1. The first-order valence-electron chi connectivity index (χ1n) is 7.44. The lowest BCUT2D eigenvalue weighted by atomic mass is 10.2. The third-order valence-corrected chi connectivity index (χ3v) is 4.84. The lowest BCUT2D eigenvalue weighted by Crippen LogP contribution is -2.03. The molecule has 0 saturated carbocycles. The van der Waals surface area contributed by atoms with Crippen molar-refractivity contribution in [2.45, 2.75) is 26.9 Å². The zero-order chi connectivity index (χ0) is 16.2. The average Bonchev–Trinajstić information content (AvgIpc) is 3.20. The van der Waals surface area contributed by atoms with Gasteiger partial charge in [-0.15, -0.1) is 11.3 Å². The quantitative estimate of drug-likeness (QED) is 0.641.